The monoisotopic (exact) mass is 356 g/mol. The van der Waals surface area contributed by atoms with Crippen molar-refractivity contribution >= 4 is 40.8 Å². The fourth-order valence-electron chi connectivity index (χ4n) is 2.56. The van der Waals surface area contributed by atoms with E-state index in [-0.39, 0.29) is 5.91 Å². The van der Waals surface area contributed by atoms with Crippen LogP contribution in [-0.4, -0.2) is 45.1 Å². The summed E-state index contributed by atoms with van der Waals surface area (Å²) in [6, 6.07) is 2.38. The second kappa shape index (κ2) is 8.18. The van der Waals surface area contributed by atoms with Gasteiger partial charge in [-0.2, -0.15) is 5.26 Å². The predicted octanol–water partition coefficient (Wildman–Crippen LogP) is 3.43. The molecule has 1 aliphatic carbocycles. The van der Waals surface area contributed by atoms with Crippen molar-refractivity contribution in [2.45, 2.75) is 53.2 Å². The van der Waals surface area contributed by atoms with Gasteiger partial charge in [-0.05, 0) is 18.6 Å². The van der Waals surface area contributed by atoms with Crippen LogP contribution in [-0.2, 0) is 4.79 Å². The first-order valence-electron chi connectivity index (χ1n) is 7.38. The van der Waals surface area contributed by atoms with Crippen LogP contribution in [0.25, 0.3) is 0 Å². The Morgan fingerprint density at radius 2 is 1.95 bits per heavy atom. The molecule has 0 aliphatic heterocycles. The minimum absolute atomic E-state index is 0.00616. The molecule has 2 rings (SSSR count). The van der Waals surface area contributed by atoms with Crippen LogP contribution in [0.1, 0.15) is 39.0 Å². The number of amides is 1. The number of carbonyl (C=O) groups excluding carboxylic acids is 1. The topological polar surface area (TPSA) is 69.9 Å². The SMILES string of the molecule is CCSc1nnc(SCC(=O)N(C)C2(C#N)CCCCC2)s1. The average Bonchev–Trinajstić information content (AvgIpc) is 3.00. The molecule has 1 aromatic rings. The molecule has 1 fully saturated rings. The van der Waals surface area contributed by atoms with Gasteiger partial charge in [-0.15, -0.1) is 10.2 Å². The van der Waals surface area contributed by atoms with E-state index in [1.807, 2.05) is 0 Å². The molecular formula is C14H20N4OS3. The number of carbonyl (C=O) groups is 1. The third-order valence-corrected chi connectivity index (χ3v) is 6.94. The number of aromatic nitrogens is 2. The highest BCUT2D eigenvalue weighted by molar-refractivity contribution is 8.03. The average molecular weight is 357 g/mol. The van der Waals surface area contributed by atoms with Crippen molar-refractivity contribution < 1.29 is 4.79 Å². The first-order chi connectivity index (χ1) is 10.6. The molecule has 1 saturated carbocycles. The molecule has 1 amide bonds. The number of nitriles is 1. The summed E-state index contributed by atoms with van der Waals surface area (Å²) in [6.07, 6.45) is 4.76. The summed E-state index contributed by atoms with van der Waals surface area (Å²) in [5.41, 5.74) is -0.611. The van der Waals surface area contributed by atoms with Crippen molar-refractivity contribution in [1.29, 1.82) is 5.26 Å². The molecule has 120 valence electrons. The van der Waals surface area contributed by atoms with Gasteiger partial charge in [-0.25, -0.2) is 0 Å². The van der Waals surface area contributed by atoms with Gasteiger partial charge in [-0.3, -0.25) is 4.79 Å². The fraction of sp³-hybridized carbons (Fsp3) is 0.714. The minimum Gasteiger partial charge on any atom is -0.326 e. The third-order valence-electron chi connectivity index (χ3n) is 3.88. The van der Waals surface area contributed by atoms with E-state index in [1.165, 1.54) is 23.1 Å². The lowest BCUT2D eigenvalue weighted by Gasteiger charge is -2.38. The van der Waals surface area contributed by atoms with Crippen LogP contribution in [0, 0.1) is 11.3 Å². The summed E-state index contributed by atoms with van der Waals surface area (Å²) < 4.78 is 1.75. The number of nitrogens with zero attached hydrogens (tertiary/aromatic N) is 4. The molecular weight excluding hydrogens is 336 g/mol. The summed E-state index contributed by atoms with van der Waals surface area (Å²) in [5, 5.41) is 17.7. The van der Waals surface area contributed by atoms with Gasteiger partial charge in [0.1, 0.15) is 5.54 Å². The lowest BCUT2D eigenvalue weighted by atomic mass is 9.81. The quantitative estimate of drug-likeness (QED) is 0.727. The summed E-state index contributed by atoms with van der Waals surface area (Å²) in [4.78, 5) is 14.1. The molecule has 0 aromatic carbocycles. The summed E-state index contributed by atoms with van der Waals surface area (Å²) in [6.45, 7) is 2.07. The van der Waals surface area contributed by atoms with Crippen LogP contribution in [0.2, 0.25) is 0 Å². The Labute approximate surface area is 143 Å². The van der Waals surface area contributed by atoms with Gasteiger partial charge >= 0.3 is 0 Å². The Morgan fingerprint density at radius 3 is 2.55 bits per heavy atom. The molecule has 0 N–H and O–H groups in total. The van der Waals surface area contributed by atoms with Crippen LogP contribution in [0.15, 0.2) is 8.68 Å². The third kappa shape index (κ3) is 4.15. The Kier molecular flexibility index (Phi) is 6.53. The van der Waals surface area contributed by atoms with Gasteiger partial charge in [0, 0.05) is 7.05 Å². The van der Waals surface area contributed by atoms with Crippen LogP contribution >= 0.6 is 34.9 Å². The fourth-order valence-corrected chi connectivity index (χ4v) is 5.39. The van der Waals surface area contributed by atoms with E-state index in [0.717, 1.165) is 46.5 Å². The number of thioether (sulfide) groups is 2. The van der Waals surface area contributed by atoms with Crippen LogP contribution in [0.3, 0.4) is 0 Å². The van der Waals surface area contributed by atoms with Gasteiger partial charge in [-0.1, -0.05) is 61.0 Å². The van der Waals surface area contributed by atoms with E-state index in [0.29, 0.717) is 5.75 Å². The Bertz CT molecular complexity index is 549. The van der Waals surface area contributed by atoms with E-state index in [1.54, 1.807) is 23.7 Å². The molecule has 0 unspecified atom stereocenters. The van der Waals surface area contributed by atoms with Crippen molar-refractivity contribution in [3.05, 3.63) is 0 Å². The van der Waals surface area contributed by atoms with Crippen molar-refractivity contribution in [2.24, 2.45) is 0 Å². The Morgan fingerprint density at radius 1 is 1.32 bits per heavy atom. The van der Waals surface area contributed by atoms with E-state index in [4.69, 9.17) is 0 Å². The maximum Gasteiger partial charge on any atom is 0.234 e. The molecule has 1 aromatic heterocycles. The lowest BCUT2D eigenvalue weighted by Crippen LogP contribution is -2.50. The highest BCUT2D eigenvalue weighted by Gasteiger charge is 2.38. The molecule has 0 saturated heterocycles. The normalized spacial score (nSPS) is 17.0. The van der Waals surface area contributed by atoms with Gasteiger partial charge in [0.15, 0.2) is 8.68 Å². The number of hydrogen-bond acceptors (Lipinski definition) is 7. The second-order valence-electron chi connectivity index (χ2n) is 5.21. The molecule has 0 atom stereocenters. The van der Waals surface area contributed by atoms with Gasteiger partial charge in [0.05, 0.1) is 11.8 Å². The first-order valence-corrected chi connectivity index (χ1v) is 10.2. The summed E-state index contributed by atoms with van der Waals surface area (Å²) in [7, 11) is 1.76. The van der Waals surface area contributed by atoms with Crippen LogP contribution in [0.5, 0.6) is 0 Å². The smallest absolute Gasteiger partial charge is 0.234 e. The zero-order valence-electron chi connectivity index (χ0n) is 12.9. The predicted molar refractivity (Wildman–Crippen MR) is 91.2 cm³/mol. The maximum atomic E-state index is 12.4. The standard InChI is InChI=1S/C14H20N4OS3/c1-3-20-12-16-17-13(22-12)21-9-11(19)18(2)14(10-15)7-5-4-6-8-14/h3-9H2,1-2H3. The summed E-state index contributed by atoms with van der Waals surface area (Å²) >= 11 is 4.58. The molecule has 0 spiro atoms. The molecule has 0 radical (unpaired) electrons. The summed E-state index contributed by atoms with van der Waals surface area (Å²) in [5.74, 6) is 1.27. The van der Waals surface area contributed by atoms with Crippen molar-refractivity contribution in [3.8, 4) is 6.07 Å². The zero-order chi connectivity index (χ0) is 16.0. The van der Waals surface area contributed by atoms with Crippen molar-refractivity contribution in [3.63, 3.8) is 0 Å². The van der Waals surface area contributed by atoms with E-state index < -0.39 is 5.54 Å². The first kappa shape index (κ1) is 17.6. The Balaban J connectivity index is 1.91. The van der Waals surface area contributed by atoms with Crippen molar-refractivity contribution in [2.75, 3.05) is 18.6 Å². The highest BCUT2D eigenvalue weighted by Crippen LogP contribution is 2.34. The maximum absolute atomic E-state index is 12.4. The molecule has 0 bridgehead atoms. The lowest BCUT2D eigenvalue weighted by molar-refractivity contribution is -0.131. The second-order valence-corrected chi connectivity index (χ2v) is 8.92. The molecule has 1 heterocycles. The highest BCUT2D eigenvalue weighted by atomic mass is 32.2. The van der Waals surface area contributed by atoms with E-state index in [2.05, 4.69) is 23.2 Å². The minimum atomic E-state index is -0.611. The zero-order valence-corrected chi connectivity index (χ0v) is 15.3. The van der Waals surface area contributed by atoms with Crippen LogP contribution < -0.4 is 0 Å². The van der Waals surface area contributed by atoms with Gasteiger partial charge in [0.2, 0.25) is 5.91 Å². The molecule has 1 aliphatic rings. The van der Waals surface area contributed by atoms with Gasteiger partial charge in [0.25, 0.3) is 0 Å². The molecule has 8 heteroatoms. The number of rotatable bonds is 6. The van der Waals surface area contributed by atoms with Crippen LogP contribution in [0.4, 0.5) is 0 Å². The molecule has 22 heavy (non-hydrogen) atoms. The van der Waals surface area contributed by atoms with Crippen molar-refractivity contribution in [1.82, 2.24) is 15.1 Å². The largest absolute Gasteiger partial charge is 0.326 e. The Hall–Kier alpha value is -0.780. The van der Waals surface area contributed by atoms with Gasteiger partial charge < -0.3 is 4.90 Å². The van der Waals surface area contributed by atoms with E-state index in [9.17, 15) is 10.1 Å². The van der Waals surface area contributed by atoms with E-state index >= 15 is 0 Å². The molecule has 5 nitrogen and oxygen atoms in total. The number of hydrogen-bond donors (Lipinski definition) is 0.